The van der Waals surface area contributed by atoms with Crippen LogP contribution < -0.4 is 10.1 Å². The van der Waals surface area contributed by atoms with Gasteiger partial charge in [-0.2, -0.15) is 9.61 Å². The van der Waals surface area contributed by atoms with E-state index in [4.69, 9.17) is 4.74 Å². The van der Waals surface area contributed by atoms with Gasteiger partial charge < -0.3 is 10.1 Å². The molecule has 8 heteroatoms. The minimum atomic E-state index is -0.168. The molecule has 1 N–H and O–H groups in total. The Morgan fingerprint density at radius 2 is 1.86 bits per heavy atom. The molecule has 142 valence electrons. The minimum absolute atomic E-state index is 0.168. The fourth-order valence-corrected chi connectivity index (χ4v) is 3.66. The van der Waals surface area contributed by atoms with Crippen LogP contribution in [0.25, 0.3) is 15.5 Å². The van der Waals surface area contributed by atoms with Crippen molar-refractivity contribution >= 4 is 27.9 Å². The normalized spacial score (nSPS) is 10.9. The lowest BCUT2D eigenvalue weighted by atomic mass is 10.2. The van der Waals surface area contributed by atoms with Crippen LogP contribution in [0.5, 0.6) is 5.75 Å². The summed E-state index contributed by atoms with van der Waals surface area (Å²) in [6.07, 6.45) is 1.84. The number of methoxy groups -OCH3 is 1. The zero-order valence-electron chi connectivity index (χ0n) is 15.5. The van der Waals surface area contributed by atoms with Crippen LogP contribution in [0.15, 0.2) is 48.5 Å². The van der Waals surface area contributed by atoms with Crippen molar-refractivity contribution < 1.29 is 9.53 Å². The summed E-state index contributed by atoms with van der Waals surface area (Å²) in [6, 6.07) is 14.6. The van der Waals surface area contributed by atoms with Crippen molar-refractivity contribution in [3.05, 3.63) is 59.9 Å². The monoisotopic (exact) mass is 393 g/mol. The van der Waals surface area contributed by atoms with Crippen LogP contribution in [0.3, 0.4) is 0 Å². The van der Waals surface area contributed by atoms with Gasteiger partial charge in [-0.25, -0.2) is 0 Å². The summed E-state index contributed by atoms with van der Waals surface area (Å²) in [6.45, 7) is 2.10. The van der Waals surface area contributed by atoms with Gasteiger partial charge >= 0.3 is 0 Å². The molecule has 4 rings (SSSR count). The quantitative estimate of drug-likeness (QED) is 0.534. The van der Waals surface area contributed by atoms with Crippen molar-refractivity contribution in [3.8, 4) is 16.3 Å². The molecule has 0 saturated heterocycles. The summed E-state index contributed by atoms with van der Waals surface area (Å²) in [5.74, 6) is 1.43. The highest BCUT2D eigenvalue weighted by Gasteiger charge is 2.13. The molecule has 0 aliphatic rings. The van der Waals surface area contributed by atoms with Crippen molar-refractivity contribution in [2.24, 2.45) is 0 Å². The number of hydrogen-bond donors (Lipinski definition) is 1. The molecule has 7 nitrogen and oxygen atoms in total. The SMILES string of the molecule is CCCc1nnc2sc(-c3ccc(NC(=O)c4ccc(OC)cc4)cc3)nn12. The van der Waals surface area contributed by atoms with Gasteiger partial charge in [-0.15, -0.1) is 10.2 Å². The summed E-state index contributed by atoms with van der Waals surface area (Å²) >= 11 is 1.50. The number of carbonyl (C=O) groups is 1. The number of nitrogens with zero attached hydrogens (tertiary/aromatic N) is 4. The minimum Gasteiger partial charge on any atom is -0.497 e. The maximum Gasteiger partial charge on any atom is 0.255 e. The summed E-state index contributed by atoms with van der Waals surface area (Å²) in [4.78, 5) is 13.2. The Kier molecular flexibility index (Phi) is 5.03. The molecular formula is C20H19N5O2S. The third-order valence-corrected chi connectivity index (χ3v) is 5.22. The molecule has 0 spiro atoms. The van der Waals surface area contributed by atoms with Gasteiger partial charge in [0, 0.05) is 23.2 Å². The molecule has 0 bridgehead atoms. The summed E-state index contributed by atoms with van der Waals surface area (Å²) in [5.41, 5.74) is 2.27. The number of amides is 1. The first-order valence-corrected chi connectivity index (χ1v) is 9.76. The first-order chi connectivity index (χ1) is 13.7. The number of benzene rings is 2. The first-order valence-electron chi connectivity index (χ1n) is 8.95. The van der Waals surface area contributed by atoms with Gasteiger partial charge in [-0.3, -0.25) is 4.79 Å². The van der Waals surface area contributed by atoms with Crippen molar-refractivity contribution in [3.63, 3.8) is 0 Å². The first kappa shape index (κ1) is 18.1. The van der Waals surface area contributed by atoms with E-state index in [0.29, 0.717) is 11.3 Å². The second kappa shape index (κ2) is 7.77. The molecule has 2 aromatic carbocycles. The van der Waals surface area contributed by atoms with E-state index in [1.807, 2.05) is 28.8 Å². The van der Waals surface area contributed by atoms with Gasteiger partial charge in [0.15, 0.2) is 5.82 Å². The number of aromatic nitrogens is 4. The van der Waals surface area contributed by atoms with E-state index in [1.165, 1.54) is 11.3 Å². The Balaban J connectivity index is 1.49. The molecule has 2 aromatic heterocycles. The molecule has 0 atom stereocenters. The van der Waals surface area contributed by atoms with E-state index in [-0.39, 0.29) is 5.91 Å². The van der Waals surface area contributed by atoms with Crippen LogP contribution in [-0.2, 0) is 6.42 Å². The maximum absolute atomic E-state index is 12.4. The largest absolute Gasteiger partial charge is 0.497 e. The molecule has 0 aliphatic carbocycles. The van der Waals surface area contributed by atoms with E-state index >= 15 is 0 Å². The zero-order valence-corrected chi connectivity index (χ0v) is 16.4. The number of aryl methyl sites for hydroxylation is 1. The molecular weight excluding hydrogens is 374 g/mol. The Hall–Kier alpha value is -3.26. The highest BCUT2D eigenvalue weighted by molar-refractivity contribution is 7.19. The smallest absolute Gasteiger partial charge is 0.255 e. The molecule has 4 aromatic rings. The molecule has 0 aliphatic heterocycles. The lowest BCUT2D eigenvalue weighted by Crippen LogP contribution is -2.11. The number of rotatable bonds is 6. The van der Waals surface area contributed by atoms with E-state index in [2.05, 4.69) is 27.5 Å². The lowest BCUT2D eigenvalue weighted by Gasteiger charge is -2.06. The lowest BCUT2D eigenvalue weighted by molar-refractivity contribution is 0.102. The highest BCUT2D eigenvalue weighted by atomic mass is 32.1. The number of ether oxygens (including phenoxy) is 1. The Morgan fingerprint density at radius 3 is 2.54 bits per heavy atom. The summed E-state index contributed by atoms with van der Waals surface area (Å²) in [5, 5.41) is 16.8. The molecule has 0 saturated carbocycles. The van der Waals surface area contributed by atoms with Gasteiger partial charge in [0.25, 0.3) is 5.91 Å². The molecule has 0 fully saturated rings. The molecule has 2 heterocycles. The van der Waals surface area contributed by atoms with Crippen molar-refractivity contribution in [1.29, 1.82) is 0 Å². The van der Waals surface area contributed by atoms with Crippen molar-refractivity contribution in [2.75, 3.05) is 12.4 Å². The standard InChI is InChI=1S/C20H19N5O2S/c1-3-4-17-22-23-20-25(17)24-19(28-20)14-5-9-15(10-6-14)21-18(26)13-7-11-16(27-2)12-8-13/h5-12H,3-4H2,1-2H3,(H,21,26). The number of anilines is 1. The van der Waals surface area contributed by atoms with Crippen LogP contribution in [0.2, 0.25) is 0 Å². The van der Waals surface area contributed by atoms with Crippen molar-refractivity contribution in [1.82, 2.24) is 19.8 Å². The fraction of sp³-hybridized carbons (Fsp3) is 0.200. The number of fused-ring (bicyclic) bond motifs is 1. The highest BCUT2D eigenvalue weighted by Crippen LogP contribution is 2.27. The average Bonchev–Trinajstić information content (AvgIpc) is 3.31. The summed E-state index contributed by atoms with van der Waals surface area (Å²) in [7, 11) is 1.60. The number of carbonyl (C=O) groups excluding carboxylic acids is 1. The Labute approximate surface area is 166 Å². The van der Waals surface area contributed by atoms with Gasteiger partial charge in [-0.05, 0) is 55.0 Å². The van der Waals surface area contributed by atoms with Gasteiger partial charge in [0.1, 0.15) is 10.8 Å². The van der Waals surface area contributed by atoms with E-state index in [0.717, 1.165) is 39.9 Å². The Bertz CT molecular complexity index is 1100. The van der Waals surface area contributed by atoms with Gasteiger partial charge in [0.2, 0.25) is 4.96 Å². The van der Waals surface area contributed by atoms with E-state index < -0.39 is 0 Å². The van der Waals surface area contributed by atoms with Crippen molar-refractivity contribution in [2.45, 2.75) is 19.8 Å². The molecule has 0 radical (unpaired) electrons. The predicted octanol–water partition coefficient (Wildman–Crippen LogP) is 4.07. The average molecular weight is 393 g/mol. The van der Waals surface area contributed by atoms with Crippen LogP contribution in [0, 0.1) is 0 Å². The topological polar surface area (TPSA) is 81.4 Å². The maximum atomic E-state index is 12.4. The molecule has 0 unspecified atom stereocenters. The van der Waals surface area contributed by atoms with Crippen LogP contribution in [0.1, 0.15) is 29.5 Å². The number of nitrogens with one attached hydrogen (secondary N) is 1. The second-order valence-electron chi connectivity index (χ2n) is 6.23. The molecule has 1 amide bonds. The fourth-order valence-electron chi connectivity index (χ4n) is 2.80. The van der Waals surface area contributed by atoms with E-state index in [1.54, 1.807) is 31.4 Å². The van der Waals surface area contributed by atoms with Gasteiger partial charge in [-0.1, -0.05) is 18.3 Å². The van der Waals surface area contributed by atoms with E-state index in [9.17, 15) is 4.79 Å². The third kappa shape index (κ3) is 3.59. The second-order valence-corrected chi connectivity index (χ2v) is 7.18. The summed E-state index contributed by atoms with van der Waals surface area (Å²) < 4.78 is 6.92. The van der Waals surface area contributed by atoms with Crippen LogP contribution >= 0.6 is 11.3 Å². The Morgan fingerprint density at radius 1 is 1.11 bits per heavy atom. The predicted molar refractivity (Wildman–Crippen MR) is 109 cm³/mol. The number of hydrogen-bond acceptors (Lipinski definition) is 6. The zero-order chi connectivity index (χ0) is 19.5. The van der Waals surface area contributed by atoms with Gasteiger partial charge in [0.05, 0.1) is 7.11 Å². The van der Waals surface area contributed by atoms with Crippen LogP contribution in [-0.4, -0.2) is 32.8 Å². The van der Waals surface area contributed by atoms with Crippen LogP contribution in [0.4, 0.5) is 5.69 Å². The molecule has 28 heavy (non-hydrogen) atoms. The third-order valence-electron chi connectivity index (χ3n) is 4.27.